The van der Waals surface area contributed by atoms with Gasteiger partial charge in [0.1, 0.15) is 5.82 Å². The van der Waals surface area contributed by atoms with Crippen LogP contribution in [0.3, 0.4) is 0 Å². The van der Waals surface area contributed by atoms with Crippen molar-refractivity contribution in [3.63, 3.8) is 0 Å². The molecule has 0 heterocycles. The molecule has 1 fully saturated rings. The molecule has 2 rings (SSSR count). The molecule has 0 spiro atoms. The monoisotopic (exact) mass is 277 g/mol. The third-order valence-electron chi connectivity index (χ3n) is 4.41. The molecular weight excluding hydrogens is 253 g/mol. The maximum absolute atomic E-state index is 13.6. The van der Waals surface area contributed by atoms with Crippen LogP contribution in [-0.4, -0.2) is 11.9 Å². The number of nitrogens with one attached hydrogen (secondary N) is 1. The summed E-state index contributed by atoms with van der Waals surface area (Å²) < 4.78 is 13.6. The quantitative estimate of drug-likeness (QED) is 0.864. The van der Waals surface area contributed by atoms with Gasteiger partial charge < -0.3 is 5.32 Å². The molecule has 0 bridgehead atoms. The Labute approximate surface area is 120 Å². The van der Waals surface area contributed by atoms with E-state index in [0.717, 1.165) is 25.7 Å². The van der Waals surface area contributed by atoms with Crippen molar-refractivity contribution in [1.29, 1.82) is 0 Å². The van der Waals surface area contributed by atoms with Crippen molar-refractivity contribution in [2.75, 3.05) is 0 Å². The summed E-state index contributed by atoms with van der Waals surface area (Å²) in [5, 5.41) is 2.97. The number of carbonyl (C=O) groups excluding carboxylic acids is 1. The van der Waals surface area contributed by atoms with Gasteiger partial charge in [-0.15, -0.1) is 0 Å². The first-order valence-electron chi connectivity index (χ1n) is 7.43. The molecule has 1 aliphatic rings. The van der Waals surface area contributed by atoms with E-state index in [1.54, 1.807) is 12.1 Å². The van der Waals surface area contributed by atoms with E-state index in [9.17, 15) is 9.18 Å². The molecule has 0 aliphatic heterocycles. The Morgan fingerprint density at radius 2 is 1.75 bits per heavy atom. The van der Waals surface area contributed by atoms with Crippen molar-refractivity contribution in [1.82, 2.24) is 5.32 Å². The van der Waals surface area contributed by atoms with E-state index in [1.165, 1.54) is 12.1 Å². The molecule has 0 saturated heterocycles. The second-order valence-electron chi connectivity index (χ2n) is 6.87. The number of rotatable bonds is 2. The van der Waals surface area contributed by atoms with E-state index in [-0.39, 0.29) is 17.5 Å². The standard InChI is InChI=1S/C17H24FNO/c1-17(2,3)12-8-10-13(11-9-12)19-16(20)14-6-4-5-7-15(14)18/h4-7,12-13H,8-11H2,1-3H3,(H,19,20)/t12-,13-. The minimum atomic E-state index is -0.451. The zero-order valence-corrected chi connectivity index (χ0v) is 12.6. The predicted molar refractivity (Wildman–Crippen MR) is 79.1 cm³/mol. The van der Waals surface area contributed by atoms with Gasteiger partial charge in [0.05, 0.1) is 5.56 Å². The maximum atomic E-state index is 13.6. The van der Waals surface area contributed by atoms with E-state index >= 15 is 0 Å². The van der Waals surface area contributed by atoms with Crippen LogP contribution in [0.15, 0.2) is 24.3 Å². The normalized spacial score (nSPS) is 23.4. The Bertz CT molecular complexity index is 470. The number of amides is 1. The highest BCUT2D eigenvalue weighted by molar-refractivity contribution is 5.94. The number of halogens is 1. The van der Waals surface area contributed by atoms with Crippen LogP contribution in [-0.2, 0) is 0 Å². The molecule has 1 aromatic rings. The highest BCUT2D eigenvalue weighted by atomic mass is 19.1. The SMILES string of the molecule is CC(C)(C)[C@H]1CC[C@H](NC(=O)c2ccccc2F)CC1. The summed E-state index contributed by atoms with van der Waals surface area (Å²) in [6.07, 6.45) is 4.24. The minimum Gasteiger partial charge on any atom is -0.349 e. The lowest BCUT2D eigenvalue weighted by Crippen LogP contribution is -2.39. The van der Waals surface area contributed by atoms with Gasteiger partial charge in [-0.3, -0.25) is 4.79 Å². The van der Waals surface area contributed by atoms with Gasteiger partial charge >= 0.3 is 0 Å². The summed E-state index contributed by atoms with van der Waals surface area (Å²) in [6, 6.07) is 6.33. The van der Waals surface area contributed by atoms with Crippen molar-refractivity contribution in [3.05, 3.63) is 35.6 Å². The van der Waals surface area contributed by atoms with Gasteiger partial charge in [-0.05, 0) is 49.1 Å². The Morgan fingerprint density at radius 3 is 2.30 bits per heavy atom. The van der Waals surface area contributed by atoms with Crippen LogP contribution in [0.4, 0.5) is 4.39 Å². The first-order valence-corrected chi connectivity index (χ1v) is 7.43. The maximum Gasteiger partial charge on any atom is 0.254 e. The lowest BCUT2D eigenvalue weighted by atomic mass is 9.71. The molecule has 110 valence electrons. The summed E-state index contributed by atoms with van der Waals surface area (Å²) in [7, 11) is 0. The van der Waals surface area contributed by atoms with Gasteiger partial charge in [-0.1, -0.05) is 32.9 Å². The fourth-order valence-corrected chi connectivity index (χ4v) is 3.01. The van der Waals surface area contributed by atoms with Crippen molar-refractivity contribution >= 4 is 5.91 Å². The summed E-state index contributed by atoms with van der Waals surface area (Å²) in [4.78, 5) is 12.1. The molecule has 1 amide bonds. The average Bonchev–Trinajstić information content (AvgIpc) is 2.38. The lowest BCUT2D eigenvalue weighted by Gasteiger charge is -2.37. The van der Waals surface area contributed by atoms with Crippen molar-refractivity contribution in [2.45, 2.75) is 52.5 Å². The Kier molecular flexibility index (Phi) is 4.46. The molecule has 1 saturated carbocycles. The lowest BCUT2D eigenvalue weighted by molar-refractivity contribution is 0.0900. The van der Waals surface area contributed by atoms with E-state index in [1.807, 2.05) is 0 Å². The van der Waals surface area contributed by atoms with Crippen LogP contribution < -0.4 is 5.32 Å². The van der Waals surface area contributed by atoms with Crippen molar-refractivity contribution < 1.29 is 9.18 Å². The number of hydrogen-bond donors (Lipinski definition) is 1. The van der Waals surface area contributed by atoms with Crippen LogP contribution in [0.5, 0.6) is 0 Å². The summed E-state index contributed by atoms with van der Waals surface area (Å²) >= 11 is 0. The Hall–Kier alpha value is -1.38. The number of hydrogen-bond acceptors (Lipinski definition) is 1. The zero-order chi connectivity index (χ0) is 14.8. The minimum absolute atomic E-state index is 0.144. The first kappa shape index (κ1) is 15.0. The van der Waals surface area contributed by atoms with Gasteiger partial charge in [-0.25, -0.2) is 4.39 Å². The Balaban J connectivity index is 1.90. The highest BCUT2D eigenvalue weighted by Crippen LogP contribution is 2.37. The molecule has 0 radical (unpaired) electrons. The smallest absolute Gasteiger partial charge is 0.254 e. The van der Waals surface area contributed by atoms with Gasteiger partial charge in [0.15, 0.2) is 0 Å². The molecule has 0 aromatic heterocycles. The predicted octanol–water partition coefficient (Wildman–Crippen LogP) is 4.16. The Morgan fingerprint density at radius 1 is 1.15 bits per heavy atom. The first-order chi connectivity index (χ1) is 9.38. The van der Waals surface area contributed by atoms with Crippen molar-refractivity contribution in [2.24, 2.45) is 11.3 Å². The van der Waals surface area contributed by atoms with E-state index < -0.39 is 5.82 Å². The van der Waals surface area contributed by atoms with Crippen LogP contribution >= 0.6 is 0 Å². The fraction of sp³-hybridized carbons (Fsp3) is 0.588. The molecule has 1 N–H and O–H groups in total. The topological polar surface area (TPSA) is 29.1 Å². The van der Waals surface area contributed by atoms with Crippen LogP contribution in [0, 0.1) is 17.2 Å². The van der Waals surface area contributed by atoms with Gasteiger partial charge in [0, 0.05) is 6.04 Å². The number of benzene rings is 1. The van der Waals surface area contributed by atoms with Gasteiger partial charge in [-0.2, -0.15) is 0 Å². The van der Waals surface area contributed by atoms with Crippen LogP contribution in [0.2, 0.25) is 0 Å². The van der Waals surface area contributed by atoms with Crippen molar-refractivity contribution in [3.8, 4) is 0 Å². The molecule has 3 heteroatoms. The number of carbonyl (C=O) groups is 1. The average molecular weight is 277 g/mol. The summed E-state index contributed by atoms with van der Waals surface area (Å²) in [5.41, 5.74) is 0.478. The van der Waals surface area contributed by atoms with Crippen LogP contribution in [0.1, 0.15) is 56.8 Å². The van der Waals surface area contributed by atoms with Crippen LogP contribution in [0.25, 0.3) is 0 Å². The van der Waals surface area contributed by atoms with Gasteiger partial charge in [0.2, 0.25) is 0 Å². The fourth-order valence-electron chi connectivity index (χ4n) is 3.01. The molecule has 1 aliphatic carbocycles. The second kappa shape index (κ2) is 5.94. The van der Waals surface area contributed by atoms with E-state index in [0.29, 0.717) is 11.3 Å². The summed E-state index contributed by atoms with van der Waals surface area (Å²) in [5.74, 6) is -0.0280. The zero-order valence-electron chi connectivity index (χ0n) is 12.6. The molecule has 20 heavy (non-hydrogen) atoms. The third-order valence-corrected chi connectivity index (χ3v) is 4.41. The van der Waals surface area contributed by atoms with E-state index in [2.05, 4.69) is 26.1 Å². The summed E-state index contributed by atoms with van der Waals surface area (Å²) in [6.45, 7) is 6.82. The largest absolute Gasteiger partial charge is 0.349 e. The molecule has 2 nitrogen and oxygen atoms in total. The molecule has 0 atom stereocenters. The second-order valence-corrected chi connectivity index (χ2v) is 6.87. The van der Waals surface area contributed by atoms with E-state index in [4.69, 9.17) is 0 Å². The molecular formula is C17H24FNO. The van der Waals surface area contributed by atoms with Gasteiger partial charge in [0.25, 0.3) is 5.91 Å². The molecule has 1 aromatic carbocycles. The highest BCUT2D eigenvalue weighted by Gasteiger charge is 2.30. The molecule has 0 unspecified atom stereocenters. The third kappa shape index (κ3) is 3.59.